The second kappa shape index (κ2) is 9.84. The Labute approximate surface area is 164 Å². The molecule has 1 N–H and O–H groups in total. The van der Waals surface area contributed by atoms with Gasteiger partial charge < -0.3 is 24.6 Å². The van der Waals surface area contributed by atoms with E-state index in [4.69, 9.17) is 9.47 Å². The van der Waals surface area contributed by atoms with Crippen molar-refractivity contribution in [2.75, 3.05) is 53.0 Å². The lowest BCUT2D eigenvalue weighted by Crippen LogP contribution is -2.46. The normalized spacial score (nSPS) is 23.7. The van der Waals surface area contributed by atoms with Crippen molar-refractivity contribution < 1.29 is 23.5 Å². The number of carbonyl (C=O) groups is 2. The van der Waals surface area contributed by atoms with Gasteiger partial charge in [0.2, 0.25) is 5.91 Å². The van der Waals surface area contributed by atoms with E-state index in [1.807, 2.05) is 11.9 Å². The summed E-state index contributed by atoms with van der Waals surface area (Å²) >= 11 is 0. The zero-order valence-electron chi connectivity index (χ0n) is 16.2. The fourth-order valence-corrected chi connectivity index (χ4v) is 3.72. The Balaban J connectivity index is 1.46. The van der Waals surface area contributed by atoms with Crippen LogP contribution in [-0.4, -0.2) is 80.7 Å². The molecule has 2 saturated heterocycles. The second-order valence-corrected chi connectivity index (χ2v) is 7.44. The lowest BCUT2D eigenvalue weighted by atomic mass is 10.00. The molecule has 2 aliphatic heterocycles. The highest BCUT2D eigenvalue weighted by atomic mass is 19.1. The highest BCUT2D eigenvalue weighted by Gasteiger charge is 2.31. The number of nitrogens with zero attached hydrogens (tertiary/aromatic N) is 2. The van der Waals surface area contributed by atoms with Crippen molar-refractivity contribution in [2.24, 2.45) is 5.92 Å². The van der Waals surface area contributed by atoms with Crippen LogP contribution in [0.1, 0.15) is 12.8 Å². The van der Waals surface area contributed by atoms with E-state index < -0.39 is 0 Å². The van der Waals surface area contributed by atoms with Gasteiger partial charge in [-0.15, -0.1) is 0 Å². The van der Waals surface area contributed by atoms with E-state index in [0.29, 0.717) is 45.1 Å². The average molecular weight is 393 g/mol. The first kappa shape index (κ1) is 20.5. The number of nitrogens with one attached hydrogen (secondary N) is 1. The number of hydrogen-bond donors (Lipinski definition) is 1. The maximum atomic E-state index is 12.9. The van der Waals surface area contributed by atoms with Crippen LogP contribution in [-0.2, 0) is 14.3 Å². The van der Waals surface area contributed by atoms with Crippen molar-refractivity contribution >= 4 is 11.8 Å². The SMILES string of the molecule is CN1C[C@@H](NC(=O)COc2ccc(F)cc2)CC[C@@H](C(=O)N2CCOCC2)C1. The molecule has 1 aromatic carbocycles. The summed E-state index contributed by atoms with van der Waals surface area (Å²) < 4.78 is 23.6. The smallest absolute Gasteiger partial charge is 0.258 e. The molecule has 2 aliphatic rings. The first-order chi connectivity index (χ1) is 13.5. The fraction of sp³-hybridized carbons (Fsp3) is 0.600. The summed E-state index contributed by atoms with van der Waals surface area (Å²) in [5, 5.41) is 2.99. The first-order valence-corrected chi connectivity index (χ1v) is 9.74. The minimum absolute atomic E-state index is 0.0307. The molecule has 154 valence electrons. The van der Waals surface area contributed by atoms with Crippen LogP contribution < -0.4 is 10.1 Å². The summed E-state index contributed by atoms with van der Waals surface area (Å²) in [5.74, 6) is 0.00750. The zero-order chi connectivity index (χ0) is 19.9. The molecule has 0 bridgehead atoms. The molecular weight excluding hydrogens is 365 g/mol. The minimum Gasteiger partial charge on any atom is -0.484 e. The van der Waals surface area contributed by atoms with Crippen LogP contribution in [0.3, 0.4) is 0 Å². The summed E-state index contributed by atoms with van der Waals surface area (Å²) in [6.45, 7) is 3.76. The van der Waals surface area contributed by atoms with Crippen LogP contribution in [0, 0.1) is 11.7 Å². The van der Waals surface area contributed by atoms with Gasteiger partial charge in [0.1, 0.15) is 11.6 Å². The van der Waals surface area contributed by atoms with Crippen LogP contribution in [0.4, 0.5) is 4.39 Å². The summed E-state index contributed by atoms with van der Waals surface area (Å²) in [6, 6.07) is 5.53. The number of likely N-dealkylation sites (tertiary alicyclic amines) is 1. The van der Waals surface area contributed by atoms with Crippen LogP contribution >= 0.6 is 0 Å². The van der Waals surface area contributed by atoms with Gasteiger partial charge in [-0.2, -0.15) is 0 Å². The van der Waals surface area contributed by atoms with Crippen LogP contribution in [0.25, 0.3) is 0 Å². The van der Waals surface area contributed by atoms with Crippen molar-refractivity contribution in [1.29, 1.82) is 0 Å². The maximum Gasteiger partial charge on any atom is 0.258 e. The first-order valence-electron chi connectivity index (χ1n) is 9.74. The highest BCUT2D eigenvalue weighted by Crippen LogP contribution is 2.19. The Kier molecular flexibility index (Phi) is 7.22. The van der Waals surface area contributed by atoms with E-state index >= 15 is 0 Å². The van der Waals surface area contributed by atoms with Gasteiger partial charge in [0.25, 0.3) is 5.91 Å². The number of morpholine rings is 1. The van der Waals surface area contributed by atoms with E-state index in [0.717, 1.165) is 12.8 Å². The molecular formula is C20H28FN3O4. The molecule has 0 aliphatic carbocycles. The summed E-state index contributed by atoms with van der Waals surface area (Å²) in [5.41, 5.74) is 0. The molecule has 8 heteroatoms. The molecule has 0 unspecified atom stereocenters. The van der Waals surface area contributed by atoms with Gasteiger partial charge in [-0.3, -0.25) is 9.59 Å². The topological polar surface area (TPSA) is 71.1 Å². The molecule has 2 amide bonds. The fourth-order valence-electron chi connectivity index (χ4n) is 3.72. The molecule has 0 aromatic heterocycles. The standard InChI is InChI=1S/C20H28FN3O4/c1-23-12-15(20(26)24-8-10-27-11-9-24)2-5-17(13-23)22-19(25)14-28-18-6-3-16(21)4-7-18/h3-4,6-7,15,17H,2,5,8-14H2,1H3,(H,22,25)/t15-,17+/m1/s1. The van der Waals surface area contributed by atoms with E-state index in [1.165, 1.54) is 24.3 Å². The van der Waals surface area contributed by atoms with Gasteiger partial charge >= 0.3 is 0 Å². The van der Waals surface area contributed by atoms with Crippen molar-refractivity contribution in [2.45, 2.75) is 18.9 Å². The van der Waals surface area contributed by atoms with Gasteiger partial charge in [0.15, 0.2) is 6.61 Å². The van der Waals surface area contributed by atoms with E-state index in [-0.39, 0.29) is 36.2 Å². The molecule has 0 radical (unpaired) electrons. The lowest BCUT2D eigenvalue weighted by molar-refractivity contribution is -0.140. The summed E-state index contributed by atoms with van der Waals surface area (Å²) in [4.78, 5) is 29.0. The number of ether oxygens (including phenoxy) is 2. The molecule has 2 fully saturated rings. The average Bonchev–Trinajstić information content (AvgIpc) is 2.88. The van der Waals surface area contributed by atoms with Crippen LogP contribution in [0.2, 0.25) is 0 Å². The Morgan fingerprint density at radius 3 is 2.61 bits per heavy atom. The third kappa shape index (κ3) is 5.90. The van der Waals surface area contributed by atoms with Gasteiger partial charge in [-0.25, -0.2) is 4.39 Å². The Morgan fingerprint density at radius 1 is 1.18 bits per heavy atom. The number of rotatable bonds is 5. The van der Waals surface area contributed by atoms with E-state index in [2.05, 4.69) is 10.2 Å². The predicted octanol–water partition coefficient (Wildman–Crippen LogP) is 0.890. The quantitative estimate of drug-likeness (QED) is 0.805. The number of benzene rings is 1. The lowest BCUT2D eigenvalue weighted by Gasteiger charge is -2.31. The minimum atomic E-state index is -0.348. The molecule has 0 spiro atoms. The molecule has 3 rings (SSSR count). The molecule has 2 heterocycles. The predicted molar refractivity (Wildman–Crippen MR) is 101 cm³/mol. The molecule has 7 nitrogen and oxygen atoms in total. The second-order valence-electron chi connectivity index (χ2n) is 7.44. The largest absolute Gasteiger partial charge is 0.484 e. The molecule has 1 aromatic rings. The van der Waals surface area contributed by atoms with Crippen molar-refractivity contribution in [1.82, 2.24) is 15.1 Å². The summed E-state index contributed by atoms with van der Waals surface area (Å²) in [7, 11) is 1.97. The Hall–Kier alpha value is -2.19. The highest BCUT2D eigenvalue weighted by molar-refractivity contribution is 5.79. The number of amides is 2. The van der Waals surface area contributed by atoms with Crippen molar-refractivity contribution in [3.8, 4) is 5.75 Å². The monoisotopic (exact) mass is 393 g/mol. The number of halogens is 1. The van der Waals surface area contributed by atoms with Crippen LogP contribution in [0.15, 0.2) is 24.3 Å². The summed E-state index contributed by atoms with van der Waals surface area (Å²) in [6.07, 6.45) is 1.48. The maximum absolute atomic E-state index is 12.9. The van der Waals surface area contributed by atoms with Gasteiger partial charge in [0.05, 0.1) is 19.1 Å². The van der Waals surface area contributed by atoms with Crippen molar-refractivity contribution in [3.63, 3.8) is 0 Å². The number of carbonyl (C=O) groups excluding carboxylic acids is 2. The molecule has 2 atom stereocenters. The van der Waals surface area contributed by atoms with Crippen molar-refractivity contribution in [3.05, 3.63) is 30.1 Å². The third-order valence-electron chi connectivity index (χ3n) is 5.15. The Bertz CT molecular complexity index is 664. The van der Waals surface area contributed by atoms with Gasteiger partial charge in [-0.05, 0) is 44.2 Å². The Morgan fingerprint density at radius 2 is 1.89 bits per heavy atom. The number of hydrogen-bond acceptors (Lipinski definition) is 5. The van der Waals surface area contributed by atoms with Gasteiger partial charge in [0, 0.05) is 32.2 Å². The molecule has 28 heavy (non-hydrogen) atoms. The third-order valence-corrected chi connectivity index (χ3v) is 5.15. The molecule has 0 saturated carbocycles. The number of likely N-dealkylation sites (N-methyl/N-ethyl adjacent to an activating group) is 1. The van der Waals surface area contributed by atoms with Gasteiger partial charge in [-0.1, -0.05) is 0 Å². The van der Waals surface area contributed by atoms with E-state index in [1.54, 1.807) is 0 Å². The van der Waals surface area contributed by atoms with Crippen LogP contribution in [0.5, 0.6) is 5.75 Å². The zero-order valence-corrected chi connectivity index (χ0v) is 16.2. The van der Waals surface area contributed by atoms with E-state index in [9.17, 15) is 14.0 Å².